The number of carbonyl (C=O) groups is 1. The SMILES string of the molecule is N#Cc1cc(Br)cc(S(=O)(=O)N2CCCCC2C(=O)O)c1. The first-order valence-corrected chi connectivity index (χ1v) is 8.55. The highest BCUT2D eigenvalue weighted by Gasteiger charge is 2.37. The second-order valence-corrected chi connectivity index (χ2v) is 7.56. The van der Waals surface area contributed by atoms with Crippen molar-refractivity contribution in [3.8, 4) is 6.07 Å². The number of halogens is 1. The molecule has 2 rings (SSSR count). The molecule has 8 heteroatoms. The Balaban J connectivity index is 2.48. The van der Waals surface area contributed by atoms with Crippen LogP contribution in [0, 0.1) is 11.3 Å². The number of hydrogen-bond donors (Lipinski definition) is 1. The smallest absolute Gasteiger partial charge is 0.322 e. The zero-order chi connectivity index (χ0) is 15.6. The summed E-state index contributed by atoms with van der Waals surface area (Å²) >= 11 is 3.16. The highest BCUT2D eigenvalue weighted by Crippen LogP contribution is 2.28. The molecule has 1 heterocycles. The Kier molecular flexibility index (Phi) is 4.66. The molecule has 1 aliphatic rings. The van der Waals surface area contributed by atoms with Gasteiger partial charge in [0, 0.05) is 11.0 Å². The zero-order valence-corrected chi connectivity index (χ0v) is 13.4. The van der Waals surface area contributed by atoms with Crippen molar-refractivity contribution in [1.82, 2.24) is 4.31 Å². The lowest BCUT2D eigenvalue weighted by molar-refractivity contribution is -0.142. The number of carboxylic acids is 1. The van der Waals surface area contributed by atoms with Crippen LogP contribution in [0.5, 0.6) is 0 Å². The van der Waals surface area contributed by atoms with Crippen LogP contribution in [0.2, 0.25) is 0 Å². The molecule has 1 N–H and O–H groups in total. The summed E-state index contributed by atoms with van der Waals surface area (Å²) in [5.74, 6) is -1.14. The minimum absolute atomic E-state index is 0.0680. The highest BCUT2D eigenvalue weighted by molar-refractivity contribution is 9.10. The lowest BCUT2D eigenvalue weighted by atomic mass is 10.1. The summed E-state index contributed by atoms with van der Waals surface area (Å²) in [6.07, 6.45) is 1.61. The predicted molar refractivity (Wildman–Crippen MR) is 78.0 cm³/mol. The van der Waals surface area contributed by atoms with Crippen LogP contribution in [0.15, 0.2) is 27.6 Å². The monoisotopic (exact) mass is 372 g/mol. The Morgan fingerprint density at radius 2 is 2.10 bits per heavy atom. The molecule has 0 aliphatic carbocycles. The molecule has 0 amide bonds. The first kappa shape index (κ1) is 15.9. The number of benzene rings is 1. The molecule has 0 aromatic heterocycles. The maximum Gasteiger partial charge on any atom is 0.322 e. The molecule has 1 atom stereocenters. The quantitative estimate of drug-likeness (QED) is 0.873. The van der Waals surface area contributed by atoms with Gasteiger partial charge in [-0.3, -0.25) is 4.79 Å². The van der Waals surface area contributed by atoms with Crippen molar-refractivity contribution in [3.63, 3.8) is 0 Å². The lowest BCUT2D eigenvalue weighted by Crippen LogP contribution is -2.47. The third-order valence-corrected chi connectivity index (χ3v) is 5.69. The molecule has 1 fully saturated rings. The minimum Gasteiger partial charge on any atom is -0.480 e. The van der Waals surface area contributed by atoms with Gasteiger partial charge < -0.3 is 5.11 Å². The van der Waals surface area contributed by atoms with Crippen LogP contribution >= 0.6 is 15.9 Å². The molecule has 0 radical (unpaired) electrons. The van der Waals surface area contributed by atoms with E-state index in [9.17, 15) is 18.3 Å². The van der Waals surface area contributed by atoms with Crippen LogP contribution in [0.3, 0.4) is 0 Å². The molecule has 112 valence electrons. The third-order valence-electron chi connectivity index (χ3n) is 3.35. The Labute approximate surface area is 131 Å². The Hall–Kier alpha value is -1.43. The molecular formula is C13H13BrN2O4S. The maximum absolute atomic E-state index is 12.7. The van der Waals surface area contributed by atoms with Crippen molar-refractivity contribution >= 4 is 31.9 Å². The fourth-order valence-corrected chi connectivity index (χ4v) is 4.72. The van der Waals surface area contributed by atoms with Crippen LogP contribution in [0.1, 0.15) is 24.8 Å². The number of nitrogens with zero attached hydrogens (tertiary/aromatic N) is 2. The van der Waals surface area contributed by atoms with Gasteiger partial charge in [0.2, 0.25) is 10.0 Å². The van der Waals surface area contributed by atoms with Gasteiger partial charge in [-0.05, 0) is 37.5 Å². The van der Waals surface area contributed by atoms with Crippen molar-refractivity contribution in [2.75, 3.05) is 6.54 Å². The van der Waals surface area contributed by atoms with Gasteiger partial charge in [-0.15, -0.1) is 0 Å². The van der Waals surface area contributed by atoms with E-state index in [0.29, 0.717) is 23.7 Å². The molecule has 1 aliphatic heterocycles. The predicted octanol–water partition coefficient (Wildman–Crippen LogP) is 1.95. The van der Waals surface area contributed by atoms with Gasteiger partial charge in [0.25, 0.3) is 0 Å². The summed E-state index contributed by atoms with van der Waals surface area (Å²) in [6.45, 7) is 0.174. The van der Waals surface area contributed by atoms with Gasteiger partial charge in [-0.2, -0.15) is 9.57 Å². The summed E-state index contributed by atoms with van der Waals surface area (Å²) in [5, 5.41) is 18.1. The molecule has 1 aromatic carbocycles. The Bertz CT molecular complexity index is 711. The minimum atomic E-state index is -3.94. The normalized spacial score (nSPS) is 19.9. The van der Waals surface area contributed by atoms with Gasteiger partial charge in [0.1, 0.15) is 6.04 Å². The van der Waals surface area contributed by atoms with E-state index in [0.717, 1.165) is 4.31 Å². The number of piperidine rings is 1. The molecule has 21 heavy (non-hydrogen) atoms. The van der Waals surface area contributed by atoms with E-state index in [4.69, 9.17) is 5.26 Å². The van der Waals surface area contributed by atoms with E-state index < -0.39 is 22.0 Å². The van der Waals surface area contributed by atoms with Crippen molar-refractivity contribution in [2.45, 2.75) is 30.2 Å². The summed E-state index contributed by atoms with van der Waals surface area (Å²) in [4.78, 5) is 11.2. The second-order valence-electron chi connectivity index (χ2n) is 4.75. The summed E-state index contributed by atoms with van der Waals surface area (Å²) < 4.78 is 26.8. The van der Waals surface area contributed by atoms with E-state index in [1.807, 2.05) is 6.07 Å². The van der Waals surface area contributed by atoms with Crippen molar-refractivity contribution < 1.29 is 18.3 Å². The Morgan fingerprint density at radius 3 is 2.71 bits per heavy atom. The maximum atomic E-state index is 12.7. The van der Waals surface area contributed by atoms with Crippen LogP contribution in [0.4, 0.5) is 0 Å². The summed E-state index contributed by atoms with van der Waals surface area (Å²) in [6, 6.07) is 4.98. The van der Waals surface area contributed by atoms with Crippen molar-refractivity contribution in [3.05, 3.63) is 28.2 Å². The van der Waals surface area contributed by atoms with E-state index in [2.05, 4.69) is 15.9 Å². The molecule has 1 unspecified atom stereocenters. The van der Waals surface area contributed by atoms with Crippen LogP contribution in [0.25, 0.3) is 0 Å². The number of aliphatic carboxylic acids is 1. The number of sulfonamides is 1. The molecule has 0 saturated carbocycles. The van der Waals surface area contributed by atoms with Crippen LogP contribution < -0.4 is 0 Å². The van der Waals surface area contributed by atoms with Crippen LogP contribution in [-0.2, 0) is 14.8 Å². The highest BCUT2D eigenvalue weighted by atomic mass is 79.9. The van der Waals surface area contributed by atoms with Crippen molar-refractivity contribution in [1.29, 1.82) is 5.26 Å². The molecule has 1 saturated heterocycles. The second kappa shape index (κ2) is 6.13. The number of hydrogen-bond acceptors (Lipinski definition) is 4. The van der Waals surface area contributed by atoms with E-state index in [-0.39, 0.29) is 17.0 Å². The van der Waals surface area contributed by atoms with E-state index >= 15 is 0 Å². The fraction of sp³-hybridized carbons (Fsp3) is 0.385. The fourth-order valence-electron chi connectivity index (χ4n) is 2.35. The largest absolute Gasteiger partial charge is 0.480 e. The van der Waals surface area contributed by atoms with Gasteiger partial charge in [-0.1, -0.05) is 15.9 Å². The van der Waals surface area contributed by atoms with E-state index in [1.165, 1.54) is 18.2 Å². The standard InChI is InChI=1S/C13H13BrN2O4S/c14-10-5-9(8-15)6-11(7-10)21(19,20)16-4-2-1-3-12(16)13(17)18/h5-7,12H,1-4H2,(H,17,18). The van der Waals surface area contributed by atoms with Gasteiger partial charge >= 0.3 is 5.97 Å². The van der Waals surface area contributed by atoms with Gasteiger partial charge in [-0.25, -0.2) is 8.42 Å². The van der Waals surface area contributed by atoms with Crippen molar-refractivity contribution in [2.24, 2.45) is 0 Å². The third kappa shape index (κ3) is 3.26. The lowest BCUT2D eigenvalue weighted by Gasteiger charge is -2.31. The zero-order valence-electron chi connectivity index (χ0n) is 11.0. The average Bonchev–Trinajstić information content (AvgIpc) is 2.46. The van der Waals surface area contributed by atoms with E-state index in [1.54, 1.807) is 0 Å². The summed E-state index contributed by atoms with van der Waals surface area (Å²) in [5.41, 5.74) is 0.201. The summed E-state index contributed by atoms with van der Waals surface area (Å²) in [7, 11) is -3.94. The molecule has 0 spiro atoms. The molecule has 0 bridgehead atoms. The van der Waals surface area contributed by atoms with Crippen LogP contribution in [-0.4, -0.2) is 36.4 Å². The van der Waals surface area contributed by atoms with Gasteiger partial charge in [0.05, 0.1) is 16.5 Å². The first-order chi connectivity index (χ1) is 9.86. The Morgan fingerprint density at radius 1 is 1.38 bits per heavy atom. The average molecular weight is 373 g/mol. The molecular weight excluding hydrogens is 360 g/mol. The molecule has 1 aromatic rings. The first-order valence-electron chi connectivity index (χ1n) is 6.31. The number of nitriles is 1. The van der Waals surface area contributed by atoms with Gasteiger partial charge in [0.15, 0.2) is 0 Å². The number of carboxylic acid groups (broad SMARTS) is 1. The topological polar surface area (TPSA) is 98.5 Å². The molecule has 6 nitrogen and oxygen atoms in total. The number of rotatable bonds is 3.